The summed E-state index contributed by atoms with van der Waals surface area (Å²) >= 11 is 4.73. The van der Waals surface area contributed by atoms with Crippen molar-refractivity contribution in [1.29, 1.82) is 0 Å². The lowest BCUT2D eigenvalue weighted by Gasteiger charge is -1.90. The molecule has 1 aromatic rings. The molecule has 0 aliphatic heterocycles. The zero-order valence-electron chi connectivity index (χ0n) is 7.02. The van der Waals surface area contributed by atoms with Gasteiger partial charge in [0.15, 0.2) is 4.77 Å². The van der Waals surface area contributed by atoms with Gasteiger partial charge in [0.05, 0.1) is 11.9 Å². The Labute approximate surface area is 83.6 Å². The largest absolute Gasteiger partial charge is 0.369 e. The molecule has 14 heavy (non-hydrogen) atoms. The lowest BCUT2D eigenvalue weighted by atomic mass is 10.4. The summed E-state index contributed by atoms with van der Waals surface area (Å²) in [7, 11) is 0. The highest BCUT2D eigenvalue weighted by Gasteiger charge is 1.89. The van der Waals surface area contributed by atoms with Gasteiger partial charge in [0, 0.05) is 6.07 Å². The Morgan fingerprint density at radius 3 is 2.79 bits per heavy atom. The molecule has 0 spiro atoms. The van der Waals surface area contributed by atoms with Crippen LogP contribution in [0.4, 0.5) is 0 Å². The van der Waals surface area contributed by atoms with Gasteiger partial charge in [-0.2, -0.15) is 5.10 Å². The molecule has 1 aromatic heterocycles. The molecular weight excluding hydrogens is 204 g/mol. The molecule has 0 atom stereocenters. The minimum absolute atomic E-state index is 0.162. The maximum Gasteiger partial charge on any atom is 0.252 e. The standard InChI is InChI=1S/C6H8N6OS/c7-5(8)12-9-2-3-1-4(13)11-6(14)10-3/h1-2H,(H4,7,8,12)(H2,10,11,13,14). The number of nitrogens with one attached hydrogen (secondary N) is 2. The van der Waals surface area contributed by atoms with E-state index in [0.29, 0.717) is 5.69 Å². The second-order valence-corrected chi connectivity index (χ2v) is 2.72. The van der Waals surface area contributed by atoms with Crippen molar-refractivity contribution in [2.45, 2.75) is 0 Å². The fraction of sp³-hybridized carbons (Fsp3) is 0. The minimum atomic E-state index is -0.320. The second-order valence-electron chi connectivity index (χ2n) is 2.31. The van der Waals surface area contributed by atoms with Crippen LogP contribution in [0.2, 0.25) is 0 Å². The van der Waals surface area contributed by atoms with Crippen molar-refractivity contribution in [3.05, 3.63) is 26.9 Å². The van der Waals surface area contributed by atoms with E-state index < -0.39 is 0 Å². The van der Waals surface area contributed by atoms with Crippen LogP contribution in [0.1, 0.15) is 5.69 Å². The van der Waals surface area contributed by atoms with Gasteiger partial charge in [-0.25, -0.2) is 0 Å². The molecule has 0 aliphatic carbocycles. The molecule has 0 unspecified atom stereocenters. The highest BCUT2D eigenvalue weighted by atomic mass is 32.1. The third-order valence-corrected chi connectivity index (χ3v) is 1.36. The van der Waals surface area contributed by atoms with Gasteiger partial charge in [-0.1, -0.05) is 0 Å². The molecule has 0 saturated carbocycles. The van der Waals surface area contributed by atoms with E-state index in [9.17, 15) is 4.79 Å². The van der Waals surface area contributed by atoms with Gasteiger partial charge >= 0.3 is 0 Å². The molecule has 8 heteroatoms. The molecule has 0 radical (unpaired) electrons. The molecule has 1 heterocycles. The van der Waals surface area contributed by atoms with Crippen LogP contribution >= 0.6 is 12.2 Å². The molecule has 74 valence electrons. The Hall–Kier alpha value is -1.96. The second kappa shape index (κ2) is 4.33. The van der Waals surface area contributed by atoms with Crippen LogP contribution in [0.5, 0.6) is 0 Å². The highest BCUT2D eigenvalue weighted by molar-refractivity contribution is 7.71. The molecule has 0 bridgehead atoms. The quantitative estimate of drug-likeness (QED) is 0.218. The Morgan fingerprint density at radius 2 is 2.21 bits per heavy atom. The molecule has 0 fully saturated rings. The van der Waals surface area contributed by atoms with Gasteiger partial charge in [-0.15, -0.1) is 5.10 Å². The van der Waals surface area contributed by atoms with Gasteiger partial charge in [0.2, 0.25) is 5.96 Å². The van der Waals surface area contributed by atoms with E-state index in [2.05, 4.69) is 20.2 Å². The summed E-state index contributed by atoms with van der Waals surface area (Å²) in [5, 5.41) is 6.86. The van der Waals surface area contributed by atoms with Crippen LogP contribution in [0.25, 0.3) is 0 Å². The van der Waals surface area contributed by atoms with E-state index in [1.807, 2.05) is 0 Å². The normalized spacial score (nSPS) is 10.3. The third-order valence-electron chi connectivity index (χ3n) is 1.15. The van der Waals surface area contributed by atoms with Crippen molar-refractivity contribution in [2.75, 3.05) is 0 Å². The van der Waals surface area contributed by atoms with Gasteiger partial charge in [0.25, 0.3) is 5.56 Å². The van der Waals surface area contributed by atoms with E-state index in [0.717, 1.165) is 0 Å². The number of H-pyrrole nitrogens is 2. The fourth-order valence-electron chi connectivity index (χ4n) is 0.715. The predicted octanol–water partition coefficient (Wildman–Crippen LogP) is -0.960. The number of aromatic nitrogens is 2. The molecule has 0 aromatic carbocycles. The molecule has 7 nitrogen and oxygen atoms in total. The van der Waals surface area contributed by atoms with Crippen LogP contribution in [0.3, 0.4) is 0 Å². The van der Waals surface area contributed by atoms with E-state index in [4.69, 9.17) is 23.7 Å². The lowest BCUT2D eigenvalue weighted by molar-refractivity contribution is 1.07. The maximum absolute atomic E-state index is 10.9. The van der Waals surface area contributed by atoms with Gasteiger partial charge in [-0.3, -0.25) is 9.78 Å². The summed E-state index contributed by atoms with van der Waals surface area (Å²) in [6.45, 7) is 0. The van der Waals surface area contributed by atoms with E-state index in [1.54, 1.807) is 0 Å². The van der Waals surface area contributed by atoms with Gasteiger partial charge in [-0.05, 0) is 12.2 Å². The zero-order valence-corrected chi connectivity index (χ0v) is 7.84. The Bertz CT molecular complexity index is 451. The number of guanidine groups is 1. The van der Waals surface area contributed by atoms with Gasteiger partial charge < -0.3 is 16.5 Å². The van der Waals surface area contributed by atoms with Crippen molar-refractivity contribution in [3.8, 4) is 0 Å². The SMILES string of the molecule is NC(N)=NN=Cc1cc(=O)[nH]c(=S)[nH]1. The predicted molar refractivity (Wildman–Crippen MR) is 55.7 cm³/mol. The Kier molecular flexibility index (Phi) is 3.13. The molecule has 1 rings (SSSR count). The average molecular weight is 212 g/mol. The number of aromatic amines is 2. The highest BCUT2D eigenvalue weighted by Crippen LogP contribution is 1.83. The summed E-state index contributed by atoms with van der Waals surface area (Å²) in [6, 6.07) is 1.28. The van der Waals surface area contributed by atoms with E-state index >= 15 is 0 Å². The smallest absolute Gasteiger partial charge is 0.252 e. The van der Waals surface area contributed by atoms with Crippen LogP contribution < -0.4 is 17.0 Å². The lowest BCUT2D eigenvalue weighted by Crippen LogP contribution is -2.21. The van der Waals surface area contributed by atoms with Crippen molar-refractivity contribution in [3.63, 3.8) is 0 Å². The van der Waals surface area contributed by atoms with Crippen molar-refractivity contribution >= 4 is 24.4 Å². The van der Waals surface area contributed by atoms with Crippen LogP contribution in [-0.2, 0) is 0 Å². The third kappa shape index (κ3) is 3.19. The molecule has 0 amide bonds. The topological polar surface area (TPSA) is 125 Å². The summed E-state index contributed by atoms with van der Waals surface area (Å²) in [5.41, 5.74) is 10.2. The molecule has 0 aliphatic rings. The fourth-order valence-corrected chi connectivity index (χ4v) is 0.933. The number of hydrogen-bond donors (Lipinski definition) is 4. The molecular formula is C6H8N6OS. The Balaban J connectivity index is 2.98. The number of hydrogen-bond acceptors (Lipinski definition) is 4. The first kappa shape index (κ1) is 10.1. The summed E-state index contributed by atoms with van der Waals surface area (Å²) in [5.74, 6) is -0.162. The van der Waals surface area contributed by atoms with Crippen LogP contribution in [-0.4, -0.2) is 22.1 Å². The maximum atomic E-state index is 10.9. The Morgan fingerprint density at radius 1 is 1.50 bits per heavy atom. The average Bonchev–Trinajstić information content (AvgIpc) is 2.01. The van der Waals surface area contributed by atoms with Crippen molar-refractivity contribution < 1.29 is 0 Å². The zero-order chi connectivity index (χ0) is 10.6. The van der Waals surface area contributed by atoms with Crippen LogP contribution in [0.15, 0.2) is 21.1 Å². The number of nitrogens with zero attached hydrogens (tertiary/aromatic N) is 2. The molecule has 0 saturated heterocycles. The number of rotatable bonds is 2. The van der Waals surface area contributed by atoms with Gasteiger partial charge in [0.1, 0.15) is 0 Å². The van der Waals surface area contributed by atoms with Crippen LogP contribution in [0, 0.1) is 4.77 Å². The van der Waals surface area contributed by atoms with E-state index in [1.165, 1.54) is 12.3 Å². The first-order valence-corrected chi connectivity index (χ1v) is 3.94. The number of nitrogens with two attached hydrogens (primary N) is 2. The monoisotopic (exact) mass is 212 g/mol. The summed E-state index contributed by atoms with van der Waals surface area (Å²) in [4.78, 5) is 16.0. The molecule has 6 N–H and O–H groups in total. The van der Waals surface area contributed by atoms with Crippen molar-refractivity contribution in [2.24, 2.45) is 21.7 Å². The minimum Gasteiger partial charge on any atom is -0.369 e. The first-order chi connectivity index (χ1) is 6.58. The van der Waals surface area contributed by atoms with E-state index in [-0.39, 0.29) is 16.3 Å². The summed E-state index contributed by atoms with van der Waals surface area (Å²) in [6.07, 6.45) is 1.28. The van der Waals surface area contributed by atoms with Crippen molar-refractivity contribution in [1.82, 2.24) is 9.97 Å². The first-order valence-electron chi connectivity index (χ1n) is 3.53. The summed E-state index contributed by atoms with van der Waals surface area (Å²) < 4.78 is 0.212.